The van der Waals surface area contributed by atoms with Crippen LogP contribution in [0, 0.1) is 0 Å². The van der Waals surface area contributed by atoms with E-state index in [9.17, 15) is 4.79 Å². The molecular weight excluding hydrogens is 329 g/mol. The third-order valence-electron chi connectivity index (χ3n) is 3.05. The molecule has 0 unspecified atom stereocenters. The molecule has 0 atom stereocenters. The van der Waals surface area contributed by atoms with Gasteiger partial charge in [-0.25, -0.2) is 0 Å². The van der Waals surface area contributed by atoms with Gasteiger partial charge in [0.15, 0.2) is 0 Å². The number of nitrogens with one attached hydrogen (secondary N) is 1. The Morgan fingerprint density at radius 1 is 1.05 bits per heavy atom. The Balaban J connectivity index is 2.28. The summed E-state index contributed by atoms with van der Waals surface area (Å²) in [6.45, 7) is 4.18. The first-order chi connectivity index (χ1) is 9.88. The fourth-order valence-corrected chi connectivity index (χ4v) is 2.92. The number of rotatable bonds is 3. The first-order valence-electron chi connectivity index (χ1n) is 6.44. The van der Waals surface area contributed by atoms with E-state index in [4.69, 9.17) is 34.8 Å². The van der Waals surface area contributed by atoms with Gasteiger partial charge in [-0.05, 0) is 35.7 Å². The average molecular weight is 343 g/mol. The zero-order valence-electron chi connectivity index (χ0n) is 11.6. The van der Waals surface area contributed by atoms with Crippen molar-refractivity contribution in [1.29, 1.82) is 0 Å². The molecule has 0 spiro atoms. The van der Waals surface area contributed by atoms with Crippen LogP contribution in [0.1, 0.15) is 35.7 Å². The highest BCUT2D eigenvalue weighted by Crippen LogP contribution is 2.30. The highest BCUT2D eigenvalue weighted by Gasteiger charge is 2.16. The van der Waals surface area contributed by atoms with E-state index in [1.807, 2.05) is 24.3 Å². The summed E-state index contributed by atoms with van der Waals surface area (Å²) in [5, 5.41) is 3.65. The van der Waals surface area contributed by atoms with Crippen molar-refractivity contribution < 1.29 is 4.79 Å². The molecule has 2 aromatic carbocycles. The fraction of sp³-hybridized carbons (Fsp3) is 0.188. The molecule has 0 fully saturated rings. The van der Waals surface area contributed by atoms with Crippen LogP contribution >= 0.6 is 34.8 Å². The van der Waals surface area contributed by atoms with Crippen molar-refractivity contribution in [2.24, 2.45) is 0 Å². The number of halogens is 3. The van der Waals surface area contributed by atoms with Crippen LogP contribution in [0.15, 0.2) is 36.4 Å². The fourth-order valence-electron chi connectivity index (χ4n) is 1.93. The van der Waals surface area contributed by atoms with Crippen LogP contribution in [0.25, 0.3) is 0 Å². The van der Waals surface area contributed by atoms with Crippen molar-refractivity contribution >= 4 is 46.4 Å². The summed E-state index contributed by atoms with van der Waals surface area (Å²) in [6, 6.07) is 10.7. The van der Waals surface area contributed by atoms with Crippen LogP contribution in [-0.4, -0.2) is 5.91 Å². The van der Waals surface area contributed by atoms with E-state index >= 15 is 0 Å². The van der Waals surface area contributed by atoms with Crippen molar-refractivity contribution in [3.8, 4) is 0 Å². The Hall–Kier alpha value is -1.22. The topological polar surface area (TPSA) is 29.1 Å². The van der Waals surface area contributed by atoms with Gasteiger partial charge in [0.1, 0.15) is 0 Å². The number of carbonyl (C=O) groups is 1. The second-order valence-electron chi connectivity index (χ2n) is 4.98. The second-order valence-corrected chi connectivity index (χ2v) is 6.23. The molecule has 5 heteroatoms. The summed E-state index contributed by atoms with van der Waals surface area (Å²) < 4.78 is 0. The molecule has 0 heterocycles. The van der Waals surface area contributed by atoms with Gasteiger partial charge in [-0.2, -0.15) is 0 Å². The Morgan fingerprint density at radius 3 is 2.24 bits per heavy atom. The lowest BCUT2D eigenvalue weighted by Crippen LogP contribution is -2.13. The van der Waals surface area contributed by atoms with Crippen LogP contribution in [0.4, 0.5) is 5.69 Å². The molecule has 0 aliphatic heterocycles. The zero-order chi connectivity index (χ0) is 15.6. The van der Waals surface area contributed by atoms with Gasteiger partial charge in [0, 0.05) is 10.7 Å². The van der Waals surface area contributed by atoms with Crippen LogP contribution in [0.3, 0.4) is 0 Å². The van der Waals surface area contributed by atoms with E-state index in [1.165, 1.54) is 12.1 Å². The van der Waals surface area contributed by atoms with Crippen LogP contribution in [-0.2, 0) is 0 Å². The van der Waals surface area contributed by atoms with Gasteiger partial charge >= 0.3 is 0 Å². The predicted octanol–water partition coefficient (Wildman–Crippen LogP) is 6.02. The van der Waals surface area contributed by atoms with Crippen molar-refractivity contribution in [2.75, 3.05) is 5.32 Å². The molecule has 110 valence electrons. The highest BCUT2D eigenvalue weighted by molar-refractivity contribution is 6.42. The number of carbonyl (C=O) groups excluding carboxylic acids is 1. The third-order valence-corrected chi connectivity index (χ3v) is 3.86. The minimum Gasteiger partial charge on any atom is -0.322 e. The third kappa shape index (κ3) is 3.91. The quantitative estimate of drug-likeness (QED) is 0.725. The maximum Gasteiger partial charge on any atom is 0.258 e. The summed E-state index contributed by atoms with van der Waals surface area (Å²) in [7, 11) is 0. The number of hydrogen-bond donors (Lipinski definition) is 1. The van der Waals surface area contributed by atoms with E-state index in [0.717, 1.165) is 5.56 Å². The van der Waals surface area contributed by atoms with Gasteiger partial charge in [-0.1, -0.05) is 60.8 Å². The van der Waals surface area contributed by atoms with Crippen LogP contribution in [0.5, 0.6) is 0 Å². The van der Waals surface area contributed by atoms with Gasteiger partial charge < -0.3 is 5.32 Å². The lowest BCUT2D eigenvalue weighted by atomic mass is 10.0. The van der Waals surface area contributed by atoms with E-state index in [-0.39, 0.29) is 21.5 Å². The number of benzene rings is 2. The SMILES string of the molecule is CC(C)c1cccc(NC(=O)c2c(Cl)cc(Cl)cc2Cl)c1. The Kier molecular flexibility index (Phi) is 5.15. The minimum absolute atomic E-state index is 0.220. The normalized spacial score (nSPS) is 10.8. The van der Waals surface area contributed by atoms with E-state index in [2.05, 4.69) is 19.2 Å². The zero-order valence-corrected chi connectivity index (χ0v) is 13.9. The van der Waals surface area contributed by atoms with E-state index in [0.29, 0.717) is 16.6 Å². The van der Waals surface area contributed by atoms with Gasteiger partial charge in [0.2, 0.25) is 0 Å². The Morgan fingerprint density at radius 2 is 1.67 bits per heavy atom. The molecule has 2 rings (SSSR count). The Bertz CT molecular complexity index is 660. The standard InChI is InChI=1S/C16H14Cl3NO/c1-9(2)10-4-3-5-12(6-10)20-16(21)15-13(18)7-11(17)8-14(15)19/h3-9H,1-2H3,(H,20,21). The second kappa shape index (κ2) is 6.69. The molecule has 0 saturated heterocycles. The van der Waals surface area contributed by atoms with Gasteiger partial charge in [0.25, 0.3) is 5.91 Å². The minimum atomic E-state index is -0.359. The first-order valence-corrected chi connectivity index (χ1v) is 7.57. The van der Waals surface area contributed by atoms with E-state index in [1.54, 1.807) is 0 Å². The first kappa shape index (κ1) is 16.2. The van der Waals surface area contributed by atoms with E-state index < -0.39 is 0 Å². The molecule has 21 heavy (non-hydrogen) atoms. The predicted molar refractivity (Wildman–Crippen MR) is 90.0 cm³/mol. The smallest absolute Gasteiger partial charge is 0.258 e. The molecule has 1 amide bonds. The lowest BCUT2D eigenvalue weighted by molar-refractivity contribution is 0.102. The van der Waals surface area contributed by atoms with Gasteiger partial charge in [0.05, 0.1) is 15.6 Å². The van der Waals surface area contributed by atoms with Crippen molar-refractivity contribution in [3.63, 3.8) is 0 Å². The Labute approximate surface area is 139 Å². The molecule has 0 saturated carbocycles. The molecular formula is C16H14Cl3NO. The van der Waals surface area contributed by atoms with Crippen molar-refractivity contribution in [2.45, 2.75) is 19.8 Å². The summed E-state index contributed by atoms with van der Waals surface area (Å²) >= 11 is 17.9. The van der Waals surface area contributed by atoms with Crippen LogP contribution in [0.2, 0.25) is 15.1 Å². The summed E-state index contributed by atoms with van der Waals surface area (Å²) in [5.74, 6) is 0.0205. The molecule has 0 bridgehead atoms. The number of hydrogen-bond acceptors (Lipinski definition) is 1. The monoisotopic (exact) mass is 341 g/mol. The summed E-state index contributed by atoms with van der Waals surface area (Å²) in [4.78, 5) is 12.3. The molecule has 0 aliphatic rings. The van der Waals surface area contributed by atoms with Gasteiger partial charge in [-0.15, -0.1) is 0 Å². The van der Waals surface area contributed by atoms with Crippen molar-refractivity contribution in [1.82, 2.24) is 0 Å². The summed E-state index contributed by atoms with van der Waals surface area (Å²) in [5.41, 5.74) is 2.06. The molecule has 1 N–H and O–H groups in total. The lowest BCUT2D eigenvalue weighted by Gasteiger charge is -2.11. The molecule has 2 aromatic rings. The molecule has 2 nitrogen and oxygen atoms in total. The molecule has 0 radical (unpaired) electrons. The molecule has 0 aromatic heterocycles. The maximum atomic E-state index is 12.3. The molecule has 0 aliphatic carbocycles. The van der Waals surface area contributed by atoms with Gasteiger partial charge in [-0.3, -0.25) is 4.79 Å². The summed E-state index contributed by atoms with van der Waals surface area (Å²) in [6.07, 6.45) is 0. The highest BCUT2D eigenvalue weighted by atomic mass is 35.5. The number of amides is 1. The van der Waals surface area contributed by atoms with Crippen molar-refractivity contribution in [3.05, 3.63) is 62.6 Å². The van der Waals surface area contributed by atoms with Crippen LogP contribution < -0.4 is 5.32 Å². The number of anilines is 1. The largest absolute Gasteiger partial charge is 0.322 e. The maximum absolute atomic E-state index is 12.3. The average Bonchev–Trinajstić information content (AvgIpc) is 2.37.